The zero-order valence-electron chi connectivity index (χ0n) is 17.4. The number of anilines is 2. The minimum Gasteiger partial charge on any atom is -0.305 e. The van der Waals surface area contributed by atoms with Crippen LogP contribution in [0, 0.1) is 0 Å². The predicted molar refractivity (Wildman–Crippen MR) is 121 cm³/mol. The lowest BCUT2D eigenvalue weighted by Gasteiger charge is -2.37. The fourth-order valence-corrected chi connectivity index (χ4v) is 6.00. The van der Waals surface area contributed by atoms with Crippen LogP contribution in [0.5, 0.6) is 0 Å². The molecule has 1 saturated heterocycles. The summed E-state index contributed by atoms with van der Waals surface area (Å²) < 4.78 is 31.7. The molecule has 1 atom stereocenters. The molecule has 166 valence electrons. The number of nitrogens with one attached hydrogen (secondary N) is 2. The molecule has 0 aliphatic carbocycles. The van der Waals surface area contributed by atoms with Crippen molar-refractivity contribution in [3.8, 4) is 0 Å². The highest BCUT2D eigenvalue weighted by molar-refractivity contribution is 7.91. The van der Waals surface area contributed by atoms with E-state index in [-0.39, 0.29) is 12.0 Å². The number of thiophene rings is 1. The van der Waals surface area contributed by atoms with Gasteiger partial charge in [-0.05, 0) is 38.4 Å². The van der Waals surface area contributed by atoms with E-state index in [1.165, 1.54) is 26.5 Å². The summed E-state index contributed by atoms with van der Waals surface area (Å²) in [6, 6.07) is 0.595. The number of nitrogens with zero attached hydrogens (tertiary/aromatic N) is 4. The molecule has 2 amide bonds. The second-order valence-electron chi connectivity index (χ2n) is 7.78. The molecule has 1 aliphatic heterocycles. The lowest BCUT2D eigenvalue weighted by Crippen LogP contribution is -2.54. The molecule has 3 heterocycles. The first kappa shape index (κ1) is 22.9. The minimum atomic E-state index is -4.18. The van der Waals surface area contributed by atoms with Gasteiger partial charge in [0.15, 0.2) is 0 Å². The molecule has 30 heavy (non-hydrogen) atoms. The van der Waals surface area contributed by atoms with Crippen molar-refractivity contribution >= 4 is 50.6 Å². The van der Waals surface area contributed by atoms with E-state index >= 15 is 0 Å². The molecule has 2 aromatic rings. The number of halogens is 1. The van der Waals surface area contributed by atoms with Crippen LogP contribution in [0.2, 0.25) is 4.34 Å². The summed E-state index contributed by atoms with van der Waals surface area (Å²) in [6.45, 7) is 5.50. The number of hydrogen-bond acceptors (Lipinski definition) is 6. The van der Waals surface area contributed by atoms with Gasteiger partial charge in [0.1, 0.15) is 4.34 Å². The molecular formula is C18H27ClN6O3S2. The van der Waals surface area contributed by atoms with Gasteiger partial charge in [0, 0.05) is 24.7 Å². The molecule has 1 fully saturated rings. The lowest BCUT2D eigenvalue weighted by atomic mass is 10.1. The molecule has 0 radical (unpaired) electrons. The minimum absolute atomic E-state index is 0.249. The van der Waals surface area contributed by atoms with Crippen molar-refractivity contribution < 1.29 is 13.2 Å². The molecule has 2 N–H and O–H groups in total. The van der Waals surface area contributed by atoms with E-state index in [0.717, 1.165) is 17.8 Å². The van der Waals surface area contributed by atoms with E-state index in [4.69, 9.17) is 11.6 Å². The Hall–Kier alpha value is -1.82. The van der Waals surface area contributed by atoms with Gasteiger partial charge in [-0.15, -0.1) is 11.3 Å². The molecular weight excluding hydrogens is 448 g/mol. The summed E-state index contributed by atoms with van der Waals surface area (Å²) >= 11 is 7.56. The zero-order valence-corrected chi connectivity index (χ0v) is 19.8. The van der Waals surface area contributed by atoms with Gasteiger partial charge < -0.3 is 10.2 Å². The van der Waals surface area contributed by atoms with Crippen molar-refractivity contribution in [2.24, 2.45) is 7.05 Å². The number of likely N-dealkylation sites (tertiary alicyclic amines) is 1. The smallest absolute Gasteiger partial charge is 0.305 e. The van der Waals surface area contributed by atoms with Gasteiger partial charge in [-0.3, -0.25) is 4.68 Å². The van der Waals surface area contributed by atoms with E-state index in [1.807, 2.05) is 20.9 Å². The summed E-state index contributed by atoms with van der Waals surface area (Å²) in [5, 5.41) is 6.65. The predicted octanol–water partition coefficient (Wildman–Crippen LogP) is 3.23. The average molecular weight is 475 g/mol. The molecule has 1 aliphatic rings. The third kappa shape index (κ3) is 5.26. The van der Waals surface area contributed by atoms with E-state index in [0.29, 0.717) is 28.7 Å². The van der Waals surface area contributed by atoms with Crippen molar-refractivity contribution in [2.75, 3.05) is 29.8 Å². The fourth-order valence-electron chi connectivity index (χ4n) is 3.47. The normalized spacial score (nSPS) is 17.9. The zero-order chi connectivity index (χ0) is 22.1. The van der Waals surface area contributed by atoms with Crippen LogP contribution in [-0.4, -0.2) is 55.3 Å². The standard InChI is InChI=1S/C18H27ClN6O3S2/c1-12(2)16-8-15(17(19)29-16)21-18(26)22-30(27,28)25(14-9-20-24(4)11-14)13-6-5-7-23(3)10-13/h8-9,11-13H,5-7,10H2,1-4H3,(H2,21,22,26). The number of amides is 2. The van der Waals surface area contributed by atoms with Crippen LogP contribution in [-0.2, 0) is 17.3 Å². The first-order valence-corrected chi connectivity index (χ1v) is 12.3. The van der Waals surface area contributed by atoms with Crippen LogP contribution in [0.25, 0.3) is 0 Å². The van der Waals surface area contributed by atoms with Crippen molar-refractivity contribution in [3.05, 3.63) is 27.7 Å². The number of piperidine rings is 1. The van der Waals surface area contributed by atoms with Gasteiger partial charge in [-0.1, -0.05) is 25.4 Å². The van der Waals surface area contributed by atoms with E-state index in [1.54, 1.807) is 19.3 Å². The molecule has 0 spiro atoms. The Morgan fingerprint density at radius 3 is 2.70 bits per heavy atom. The van der Waals surface area contributed by atoms with Crippen molar-refractivity contribution in [3.63, 3.8) is 0 Å². The Kier molecular flexibility index (Phi) is 6.95. The monoisotopic (exact) mass is 474 g/mol. The van der Waals surface area contributed by atoms with Gasteiger partial charge in [-0.25, -0.2) is 13.8 Å². The number of aromatic nitrogens is 2. The topological polar surface area (TPSA) is 99.6 Å². The number of carbonyl (C=O) groups is 1. The van der Waals surface area contributed by atoms with E-state index in [9.17, 15) is 13.2 Å². The first-order valence-electron chi connectivity index (χ1n) is 9.66. The van der Waals surface area contributed by atoms with Crippen LogP contribution >= 0.6 is 22.9 Å². The molecule has 12 heteroatoms. The molecule has 0 aromatic carbocycles. The maximum atomic E-state index is 13.2. The molecule has 0 saturated carbocycles. The van der Waals surface area contributed by atoms with Crippen molar-refractivity contribution in [1.82, 2.24) is 19.4 Å². The second kappa shape index (κ2) is 9.13. The highest BCUT2D eigenvalue weighted by Gasteiger charge is 2.35. The number of hydrogen-bond donors (Lipinski definition) is 2. The summed E-state index contributed by atoms with van der Waals surface area (Å²) in [5.41, 5.74) is 0.803. The third-order valence-corrected chi connectivity index (χ3v) is 8.01. The largest absolute Gasteiger partial charge is 0.334 e. The Morgan fingerprint density at radius 1 is 1.40 bits per heavy atom. The molecule has 0 bridgehead atoms. The van der Waals surface area contributed by atoms with E-state index in [2.05, 4.69) is 20.0 Å². The van der Waals surface area contributed by atoms with Gasteiger partial charge in [0.2, 0.25) is 0 Å². The molecule has 3 rings (SSSR count). The van der Waals surface area contributed by atoms with Crippen molar-refractivity contribution in [1.29, 1.82) is 0 Å². The van der Waals surface area contributed by atoms with Crippen LogP contribution in [0.15, 0.2) is 18.5 Å². The van der Waals surface area contributed by atoms with Gasteiger partial charge in [-0.2, -0.15) is 13.5 Å². The van der Waals surface area contributed by atoms with Crippen LogP contribution in [0.3, 0.4) is 0 Å². The highest BCUT2D eigenvalue weighted by atomic mass is 35.5. The summed E-state index contributed by atoms with van der Waals surface area (Å²) in [5.74, 6) is 0.249. The highest BCUT2D eigenvalue weighted by Crippen LogP contribution is 2.36. The number of urea groups is 1. The van der Waals surface area contributed by atoms with Crippen molar-refractivity contribution in [2.45, 2.75) is 38.6 Å². The Labute approximate surface area is 186 Å². The summed E-state index contributed by atoms with van der Waals surface area (Å²) in [6.07, 6.45) is 4.66. The summed E-state index contributed by atoms with van der Waals surface area (Å²) in [4.78, 5) is 15.6. The maximum absolute atomic E-state index is 13.2. The van der Waals surface area contributed by atoms with Gasteiger partial charge in [0.05, 0.1) is 23.6 Å². The third-order valence-electron chi connectivity index (χ3n) is 4.88. The second-order valence-corrected chi connectivity index (χ2v) is 11.0. The Morgan fingerprint density at radius 2 is 2.13 bits per heavy atom. The first-order chi connectivity index (χ1) is 14.1. The number of carbonyl (C=O) groups excluding carboxylic acids is 1. The van der Waals surface area contributed by atoms with Crippen LogP contribution < -0.4 is 14.3 Å². The molecule has 2 aromatic heterocycles. The lowest BCUT2D eigenvalue weighted by molar-refractivity contribution is 0.251. The quantitative estimate of drug-likeness (QED) is 0.669. The molecule has 1 unspecified atom stereocenters. The van der Waals surface area contributed by atoms with Gasteiger partial charge >= 0.3 is 16.2 Å². The fraction of sp³-hybridized carbons (Fsp3) is 0.556. The number of rotatable bonds is 6. The van der Waals surface area contributed by atoms with E-state index < -0.39 is 16.2 Å². The number of likely N-dealkylation sites (N-methyl/N-ethyl adjacent to an activating group) is 1. The van der Waals surface area contributed by atoms with Gasteiger partial charge in [0.25, 0.3) is 0 Å². The van der Waals surface area contributed by atoms with Crippen LogP contribution in [0.4, 0.5) is 16.2 Å². The Balaban J connectivity index is 1.81. The Bertz CT molecular complexity index is 1000. The number of aryl methyl sites for hydroxylation is 1. The average Bonchev–Trinajstić information content (AvgIpc) is 3.20. The van der Waals surface area contributed by atoms with Crippen LogP contribution in [0.1, 0.15) is 37.5 Å². The molecule has 9 nitrogen and oxygen atoms in total. The maximum Gasteiger partial charge on any atom is 0.334 e. The SMILES string of the molecule is CC(C)c1cc(NC(=O)NS(=O)(=O)N(c2cnn(C)c2)C2CCCN(C)C2)c(Cl)s1. The summed E-state index contributed by atoms with van der Waals surface area (Å²) in [7, 11) is -0.511.